The van der Waals surface area contributed by atoms with Crippen molar-refractivity contribution in [1.29, 1.82) is 0 Å². The van der Waals surface area contributed by atoms with Gasteiger partial charge in [0, 0.05) is 5.41 Å². The van der Waals surface area contributed by atoms with E-state index in [1.165, 1.54) is 26.4 Å². The zero-order chi connectivity index (χ0) is 17.3. The Hall–Kier alpha value is -0.830. The summed E-state index contributed by atoms with van der Waals surface area (Å²) < 4.78 is 5.22. The van der Waals surface area contributed by atoms with Gasteiger partial charge in [-0.1, -0.05) is 19.9 Å². The van der Waals surface area contributed by atoms with Gasteiger partial charge < -0.3 is 9.84 Å². The van der Waals surface area contributed by atoms with Crippen LogP contribution < -0.4 is 0 Å². The average molecular weight is 332 g/mol. The van der Waals surface area contributed by atoms with Crippen LogP contribution in [0.15, 0.2) is 12.2 Å². The van der Waals surface area contributed by atoms with Crippen molar-refractivity contribution in [3.8, 4) is 0 Å². The van der Waals surface area contributed by atoms with Gasteiger partial charge in [-0.3, -0.25) is 4.79 Å². The number of carbonyl (C=O) groups is 1. The number of hydrogen-bond acceptors (Lipinski definition) is 3. The van der Waals surface area contributed by atoms with Gasteiger partial charge in [0.1, 0.15) is 0 Å². The van der Waals surface area contributed by atoms with Crippen molar-refractivity contribution in [3.05, 3.63) is 12.2 Å². The van der Waals surface area contributed by atoms with Crippen molar-refractivity contribution in [2.45, 2.75) is 71.3 Å². The van der Waals surface area contributed by atoms with Crippen LogP contribution in [0.3, 0.4) is 0 Å². The van der Waals surface area contributed by atoms with E-state index in [1.807, 2.05) is 0 Å². The number of rotatable bonds is 1. The molecule has 0 heterocycles. The van der Waals surface area contributed by atoms with Crippen molar-refractivity contribution >= 4 is 5.97 Å². The van der Waals surface area contributed by atoms with E-state index >= 15 is 0 Å². The molecule has 3 heteroatoms. The van der Waals surface area contributed by atoms with Crippen molar-refractivity contribution in [2.75, 3.05) is 7.11 Å². The van der Waals surface area contributed by atoms with Crippen LogP contribution in [-0.4, -0.2) is 24.3 Å². The summed E-state index contributed by atoms with van der Waals surface area (Å²) in [6.45, 7) is 8.78. The summed E-state index contributed by atoms with van der Waals surface area (Å²) in [4.78, 5) is 12.6. The molecule has 2 unspecified atom stereocenters. The monoisotopic (exact) mass is 332 g/mol. The third kappa shape index (κ3) is 1.80. The highest BCUT2D eigenvalue weighted by atomic mass is 16.5. The van der Waals surface area contributed by atoms with E-state index in [4.69, 9.17) is 4.74 Å². The van der Waals surface area contributed by atoms with Crippen LogP contribution in [0.25, 0.3) is 0 Å². The molecule has 0 aromatic carbocycles. The van der Waals surface area contributed by atoms with Gasteiger partial charge in [0.2, 0.25) is 0 Å². The molecule has 24 heavy (non-hydrogen) atoms. The summed E-state index contributed by atoms with van der Waals surface area (Å²) in [6.07, 6.45) is 8.43. The largest absolute Gasteiger partial charge is 0.469 e. The summed E-state index contributed by atoms with van der Waals surface area (Å²) in [7, 11) is 1.53. The van der Waals surface area contributed by atoms with E-state index < -0.39 is 0 Å². The second-order valence-electron chi connectivity index (χ2n) is 9.60. The number of ether oxygens (including phenoxy) is 1. The zero-order valence-corrected chi connectivity index (χ0v) is 15.4. The molecule has 1 N–H and O–H groups in total. The van der Waals surface area contributed by atoms with Gasteiger partial charge in [0.05, 0.1) is 18.6 Å². The van der Waals surface area contributed by atoms with E-state index in [0.717, 1.165) is 37.7 Å². The molecule has 134 valence electrons. The lowest BCUT2D eigenvalue weighted by Crippen LogP contribution is -2.60. The highest BCUT2D eigenvalue weighted by Crippen LogP contribution is 2.72. The lowest BCUT2D eigenvalue weighted by molar-refractivity contribution is -0.192. The zero-order valence-electron chi connectivity index (χ0n) is 15.4. The summed E-state index contributed by atoms with van der Waals surface area (Å²) in [5, 5.41) is 11.1. The van der Waals surface area contributed by atoms with Crippen LogP contribution in [-0.2, 0) is 9.53 Å². The molecule has 0 radical (unpaired) electrons. The highest BCUT2D eigenvalue weighted by Gasteiger charge is 2.67. The van der Waals surface area contributed by atoms with Gasteiger partial charge in [0.25, 0.3) is 0 Å². The number of hydrogen-bond donors (Lipinski definition) is 1. The molecule has 1 spiro atoms. The molecule has 2 bridgehead atoms. The number of aliphatic hydroxyl groups is 1. The predicted octanol–water partition coefficient (Wildman–Crippen LogP) is 4.10. The van der Waals surface area contributed by atoms with Gasteiger partial charge in [0.15, 0.2) is 0 Å². The minimum atomic E-state index is -0.360. The Morgan fingerprint density at radius 3 is 2.62 bits per heavy atom. The minimum Gasteiger partial charge on any atom is -0.469 e. The average Bonchev–Trinajstić information content (AvgIpc) is 2.74. The van der Waals surface area contributed by atoms with Gasteiger partial charge in [-0.15, -0.1) is 0 Å². The van der Waals surface area contributed by atoms with Crippen molar-refractivity contribution < 1.29 is 14.6 Å². The van der Waals surface area contributed by atoms with E-state index in [2.05, 4.69) is 20.4 Å². The van der Waals surface area contributed by atoms with Gasteiger partial charge in [-0.2, -0.15) is 0 Å². The lowest BCUT2D eigenvalue weighted by Gasteiger charge is -2.63. The van der Waals surface area contributed by atoms with Crippen LogP contribution in [0.4, 0.5) is 0 Å². The topological polar surface area (TPSA) is 46.5 Å². The third-order valence-electron chi connectivity index (χ3n) is 8.87. The number of fused-ring (bicyclic) bond motifs is 3. The fourth-order valence-corrected chi connectivity index (χ4v) is 7.84. The molecular weight excluding hydrogens is 300 g/mol. The second-order valence-corrected chi connectivity index (χ2v) is 9.60. The molecule has 4 aliphatic rings. The lowest BCUT2D eigenvalue weighted by atomic mass is 9.40. The molecule has 4 saturated carbocycles. The van der Waals surface area contributed by atoms with Gasteiger partial charge >= 0.3 is 5.97 Å². The first-order valence-electron chi connectivity index (χ1n) is 9.75. The molecule has 0 aromatic rings. The van der Waals surface area contributed by atoms with E-state index in [9.17, 15) is 9.90 Å². The first kappa shape index (κ1) is 16.6. The fourth-order valence-electron chi connectivity index (χ4n) is 7.84. The fraction of sp³-hybridized carbons (Fsp3) is 0.857. The number of esters is 1. The van der Waals surface area contributed by atoms with Crippen molar-refractivity contribution in [2.24, 2.45) is 34.0 Å². The Kier molecular flexibility index (Phi) is 3.53. The highest BCUT2D eigenvalue weighted by molar-refractivity contribution is 5.77. The molecule has 0 aromatic heterocycles. The first-order valence-corrected chi connectivity index (χ1v) is 9.75. The number of carbonyl (C=O) groups excluding carboxylic acids is 1. The molecule has 4 aliphatic carbocycles. The molecular formula is C21H32O3. The predicted molar refractivity (Wildman–Crippen MR) is 93.2 cm³/mol. The molecule has 0 aliphatic heterocycles. The van der Waals surface area contributed by atoms with Crippen LogP contribution in [0, 0.1) is 34.0 Å². The Morgan fingerprint density at radius 2 is 1.92 bits per heavy atom. The number of methoxy groups -OCH3 is 1. The normalized spacial score (nSPS) is 53.2. The van der Waals surface area contributed by atoms with Crippen molar-refractivity contribution in [3.63, 3.8) is 0 Å². The quantitative estimate of drug-likeness (QED) is 0.581. The van der Waals surface area contributed by atoms with E-state index in [-0.39, 0.29) is 28.3 Å². The SMILES string of the molecule is C=C1[C@@H]2CCC3[C@]4(C)CCC[C@@](C)(C(=O)OC)C4CC[C@]3(C2)[C@H]1O. The molecule has 3 nitrogen and oxygen atoms in total. The Balaban J connectivity index is 1.76. The van der Waals surface area contributed by atoms with Crippen LogP contribution in [0.1, 0.15) is 65.2 Å². The minimum absolute atomic E-state index is 0.0274. The summed E-state index contributed by atoms with van der Waals surface area (Å²) >= 11 is 0. The molecule has 0 amide bonds. The maximum Gasteiger partial charge on any atom is 0.311 e. The summed E-state index contributed by atoms with van der Waals surface area (Å²) in [5.41, 5.74) is 0.891. The van der Waals surface area contributed by atoms with Crippen LogP contribution in [0.2, 0.25) is 0 Å². The Morgan fingerprint density at radius 1 is 1.17 bits per heavy atom. The summed E-state index contributed by atoms with van der Waals surface area (Å²) in [6, 6.07) is 0. The van der Waals surface area contributed by atoms with Crippen molar-refractivity contribution in [1.82, 2.24) is 0 Å². The molecule has 0 saturated heterocycles. The smallest absolute Gasteiger partial charge is 0.311 e. The molecule has 4 rings (SSSR count). The Labute approximate surface area is 145 Å². The maximum atomic E-state index is 12.6. The standard InChI is InChI=1S/C21H32O3/c1-13-14-6-7-16-19(2)9-5-10-20(3,18(23)24-4)15(19)8-11-21(16,12-14)17(13)22/h14-17,22H,1,5-12H2,2-4H3/t14-,15?,16?,17+,19-,20-,21-/m1/s1. The Bertz CT molecular complexity index is 584. The number of aliphatic hydroxyl groups excluding tert-OH is 1. The molecule has 4 fully saturated rings. The summed E-state index contributed by atoms with van der Waals surface area (Å²) in [5.74, 6) is 1.38. The van der Waals surface area contributed by atoms with Gasteiger partial charge in [-0.05, 0) is 80.6 Å². The molecule has 7 atom stereocenters. The van der Waals surface area contributed by atoms with Crippen LogP contribution in [0.5, 0.6) is 0 Å². The third-order valence-corrected chi connectivity index (χ3v) is 8.87. The first-order chi connectivity index (χ1) is 11.3. The van der Waals surface area contributed by atoms with Crippen LogP contribution >= 0.6 is 0 Å². The maximum absolute atomic E-state index is 12.6. The van der Waals surface area contributed by atoms with Gasteiger partial charge in [-0.25, -0.2) is 0 Å². The second kappa shape index (κ2) is 5.09. The van der Waals surface area contributed by atoms with E-state index in [1.54, 1.807) is 0 Å². The van der Waals surface area contributed by atoms with E-state index in [0.29, 0.717) is 17.8 Å².